The summed E-state index contributed by atoms with van der Waals surface area (Å²) in [5.41, 5.74) is -0.485. The molecule has 3 unspecified atom stereocenters. The van der Waals surface area contributed by atoms with E-state index < -0.39 is 11.7 Å². The summed E-state index contributed by atoms with van der Waals surface area (Å²) >= 11 is 0. The number of nitrogens with one attached hydrogen (secondary N) is 1. The third kappa shape index (κ3) is 2.79. The van der Waals surface area contributed by atoms with Crippen LogP contribution < -0.4 is 5.32 Å². The second-order valence-electron chi connectivity index (χ2n) is 6.11. The van der Waals surface area contributed by atoms with Crippen molar-refractivity contribution >= 4 is 11.9 Å². The number of carbonyl (C=O) groups excluding carboxylic acids is 2. The number of hydrogen-bond donors (Lipinski definition) is 1. The largest absolute Gasteiger partial charge is 0.444 e. The number of Topliss-reactive ketones (excluding diaryl/α,β-unsaturated/α-hetero) is 1. The van der Waals surface area contributed by atoms with Crippen LogP contribution in [0.4, 0.5) is 4.79 Å². The van der Waals surface area contributed by atoms with E-state index in [0.717, 1.165) is 25.7 Å². The zero-order chi connectivity index (χ0) is 12.6. The highest BCUT2D eigenvalue weighted by Gasteiger charge is 2.43. The van der Waals surface area contributed by atoms with Gasteiger partial charge in [-0.05, 0) is 46.5 Å². The van der Waals surface area contributed by atoms with E-state index in [4.69, 9.17) is 4.74 Å². The quantitative estimate of drug-likeness (QED) is 0.763. The molecule has 0 aromatic heterocycles. The standard InChI is InChI=1S/C13H21NO3/c1-13(2,3)17-12(16)14-10-7-5-8-4-6-9(10)11(8)15/h8-10H,4-7H2,1-3H3,(H,14,16). The molecule has 2 fully saturated rings. The molecule has 4 heteroatoms. The van der Waals surface area contributed by atoms with Gasteiger partial charge in [0.05, 0.1) is 0 Å². The molecule has 0 spiro atoms. The molecule has 0 radical (unpaired) electrons. The Bertz CT molecular complexity index is 332. The first kappa shape index (κ1) is 12.4. The fourth-order valence-corrected chi connectivity index (χ4v) is 2.87. The lowest BCUT2D eigenvalue weighted by Crippen LogP contribution is -2.46. The molecule has 4 nitrogen and oxygen atoms in total. The van der Waals surface area contributed by atoms with Crippen LogP contribution in [0.1, 0.15) is 46.5 Å². The highest BCUT2D eigenvalue weighted by molar-refractivity contribution is 5.87. The lowest BCUT2D eigenvalue weighted by atomic mass is 9.84. The van der Waals surface area contributed by atoms with Gasteiger partial charge >= 0.3 is 6.09 Å². The maximum absolute atomic E-state index is 11.9. The topological polar surface area (TPSA) is 55.4 Å². The molecule has 2 bridgehead atoms. The van der Waals surface area contributed by atoms with Gasteiger partial charge in [0, 0.05) is 17.9 Å². The maximum atomic E-state index is 11.9. The first-order valence-electron chi connectivity index (χ1n) is 6.40. The van der Waals surface area contributed by atoms with Gasteiger partial charge in [0.1, 0.15) is 11.4 Å². The first-order valence-corrected chi connectivity index (χ1v) is 6.40. The molecule has 0 saturated heterocycles. The van der Waals surface area contributed by atoms with Crippen LogP contribution in [0.25, 0.3) is 0 Å². The third-order valence-corrected chi connectivity index (χ3v) is 3.61. The van der Waals surface area contributed by atoms with Gasteiger partial charge in [-0.25, -0.2) is 4.79 Å². The van der Waals surface area contributed by atoms with E-state index in [0.29, 0.717) is 5.78 Å². The lowest BCUT2D eigenvalue weighted by Gasteiger charge is -2.29. The van der Waals surface area contributed by atoms with Crippen LogP contribution in [0, 0.1) is 11.8 Å². The van der Waals surface area contributed by atoms with E-state index in [1.807, 2.05) is 20.8 Å². The number of carbonyl (C=O) groups is 2. The molecule has 3 atom stereocenters. The van der Waals surface area contributed by atoms with Crippen LogP contribution in [0.5, 0.6) is 0 Å². The zero-order valence-corrected chi connectivity index (χ0v) is 10.8. The van der Waals surface area contributed by atoms with E-state index in [1.165, 1.54) is 0 Å². The van der Waals surface area contributed by atoms with Crippen LogP contribution in [0.2, 0.25) is 0 Å². The van der Waals surface area contributed by atoms with Gasteiger partial charge in [0.2, 0.25) is 0 Å². The molecule has 2 aliphatic carbocycles. The fourth-order valence-electron chi connectivity index (χ4n) is 2.87. The smallest absolute Gasteiger partial charge is 0.407 e. The molecule has 17 heavy (non-hydrogen) atoms. The van der Waals surface area contributed by atoms with E-state index in [-0.39, 0.29) is 17.9 Å². The minimum atomic E-state index is -0.485. The Morgan fingerprint density at radius 1 is 1.24 bits per heavy atom. The van der Waals surface area contributed by atoms with Crippen LogP contribution in [0.3, 0.4) is 0 Å². The highest BCUT2D eigenvalue weighted by atomic mass is 16.6. The van der Waals surface area contributed by atoms with Gasteiger partial charge < -0.3 is 10.1 Å². The van der Waals surface area contributed by atoms with Crippen LogP contribution in [-0.4, -0.2) is 23.5 Å². The van der Waals surface area contributed by atoms with Crippen molar-refractivity contribution in [3.8, 4) is 0 Å². The van der Waals surface area contributed by atoms with E-state index in [2.05, 4.69) is 5.32 Å². The molecule has 2 aliphatic rings. The summed E-state index contributed by atoms with van der Waals surface area (Å²) in [6, 6.07) is -0.0175. The number of fused-ring (bicyclic) bond motifs is 2. The average Bonchev–Trinajstić information content (AvgIpc) is 2.41. The molecule has 0 aliphatic heterocycles. The monoisotopic (exact) mass is 239 g/mol. The van der Waals surface area contributed by atoms with Crippen molar-refractivity contribution in [2.75, 3.05) is 0 Å². The molecule has 0 heterocycles. The summed E-state index contributed by atoms with van der Waals surface area (Å²) in [6.45, 7) is 5.51. The number of ether oxygens (including phenoxy) is 1. The van der Waals surface area contributed by atoms with Crippen molar-refractivity contribution in [3.05, 3.63) is 0 Å². The third-order valence-electron chi connectivity index (χ3n) is 3.61. The van der Waals surface area contributed by atoms with E-state index in [9.17, 15) is 9.59 Å². The summed E-state index contributed by atoms with van der Waals surface area (Å²) in [4.78, 5) is 23.5. The van der Waals surface area contributed by atoms with Gasteiger partial charge in [-0.3, -0.25) is 4.79 Å². The Kier molecular flexibility index (Phi) is 3.15. The zero-order valence-electron chi connectivity index (χ0n) is 10.8. The molecule has 2 saturated carbocycles. The summed E-state index contributed by atoms with van der Waals surface area (Å²) < 4.78 is 5.22. The van der Waals surface area contributed by atoms with Gasteiger partial charge in [-0.2, -0.15) is 0 Å². The van der Waals surface area contributed by atoms with Crippen molar-refractivity contribution < 1.29 is 14.3 Å². The van der Waals surface area contributed by atoms with Crippen LogP contribution >= 0.6 is 0 Å². The summed E-state index contributed by atoms with van der Waals surface area (Å²) in [7, 11) is 0. The molecular formula is C13H21NO3. The summed E-state index contributed by atoms with van der Waals surface area (Å²) in [5.74, 6) is 0.635. The normalized spacial score (nSPS) is 32.4. The Morgan fingerprint density at radius 3 is 2.53 bits per heavy atom. The van der Waals surface area contributed by atoms with Crippen molar-refractivity contribution in [3.63, 3.8) is 0 Å². The van der Waals surface area contributed by atoms with Crippen LogP contribution in [-0.2, 0) is 9.53 Å². The van der Waals surface area contributed by atoms with Crippen molar-refractivity contribution in [2.45, 2.75) is 58.1 Å². The van der Waals surface area contributed by atoms with Gasteiger partial charge in [0.25, 0.3) is 0 Å². The Morgan fingerprint density at radius 2 is 1.88 bits per heavy atom. The summed E-state index contributed by atoms with van der Waals surface area (Å²) in [5, 5.41) is 2.85. The molecule has 2 rings (SSSR count). The van der Waals surface area contributed by atoms with Gasteiger partial charge in [-0.1, -0.05) is 0 Å². The molecule has 1 amide bonds. The number of alkyl carbamates (subject to hydrolysis) is 1. The summed E-state index contributed by atoms with van der Waals surface area (Å²) in [6.07, 6.45) is 3.33. The van der Waals surface area contributed by atoms with E-state index in [1.54, 1.807) is 0 Å². The van der Waals surface area contributed by atoms with Gasteiger partial charge in [0.15, 0.2) is 0 Å². The first-order chi connectivity index (χ1) is 7.87. The average molecular weight is 239 g/mol. The SMILES string of the molecule is CC(C)(C)OC(=O)NC1CCC2CCC1C2=O. The number of hydrogen-bond acceptors (Lipinski definition) is 3. The van der Waals surface area contributed by atoms with Gasteiger partial charge in [-0.15, -0.1) is 0 Å². The molecule has 0 aromatic rings. The van der Waals surface area contributed by atoms with E-state index >= 15 is 0 Å². The number of amides is 1. The molecule has 1 N–H and O–H groups in total. The van der Waals surface area contributed by atoms with Crippen molar-refractivity contribution in [2.24, 2.45) is 11.8 Å². The lowest BCUT2D eigenvalue weighted by molar-refractivity contribution is -0.126. The Labute approximate surface area is 102 Å². The second kappa shape index (κ2) is 4.31. The predicted molar refractivity (Wildman–Crippen MR) is 63.6 cm³/mol. The minimum absolute atomic E-state index is 0.0175. The minimum Gasteiger partial charge on any atom is -0.444 e. The molecular weight excluding hydrogens is 218 g/mol. The van der Waals surface area contributed by atoms with Crippen molar-refractivity contribution in [1.82, 2.24) is 5.32 Å². The molecule has 0 aromatic carbocycles. The fraction of sp³-hybridized carbons (Fsp3) is 0.846. The Balaban J connectivity index is 1.91. The maximum Gasteiger partial charge on any atom is 0.407 e. The van der Waals surface area contributed by atoms with Crippen LogP contribution in [0.15, 0.2) is 0 Å². The Hall–Kier alpha value is -1.06. The number of ketones is 1. The predicted octanol–water partition coefficient (Wildman–Crippen LogP) is 2.27. The highest BCUT2D eigenvalue weighted by Crippen LogP contribution is 2.39. The number of rotatable bonds is 1. The molecule has 96 valence electrons. The second-order valence-corrected chi connectivity index (χ2v) is 6.11. The van der Waals surface area contributed by atoms with Crippen molar-refractivity contribution in [1.29, 1.82) is 0 Å².